The number of benzene rings is 1. The van der Waals surface area contributed by atoms with E-state index in [1.165, 1.54) is 6.07 Å². The fraction of sp³-hybridized carbons (Fsp3) is 0.611. The minimum absolute atomic E-state index is 0.0531. The fourth-order valence-electron chi connectivity index (χ4n) is 3.58. The maximum atomic E-state index is 13.4. The number of hydrogen-bond donors (Lipinski definition) is 2. The summed E-state index contributed by atoms with van der Waals surface area (Å²) in [6.45, 7) is 3.63. The van der Waals surface area contributed by atoms with Gasteiger partial charge in [0.1, 0.15) is 0 Å². The van der Waals surface area contributed by atoms with Gasteiger partial charge in [-0.2, -0.15) is 0 Å². The van der Waals surface area contributed by atoms with Gasteiger partial charge in [0.2, 0.25) is 0 Å². The van der Waals surface area contributed by atoms with E-state index in [9.17, 15) is 13.6 Å². The third kappa shape index (κ3) is 4.39. The highest BCUT2D eigenvalue weighted by molar-refractivity contribution is 5.74. The number of likely N-dealkylation sites (tertiary alicyclic amines) is 1. The summed E-state index contributed by atoms with van der Waals surface area (Å²) >= 11 is 0. The molecule has 1 aromatic rings. The second-order valence-electron chi connectivity index (χ2n) is 7.00. The number of carbonyl (C=O) groups excluding carboxylic acids is 1. The van der Waals surface area contributed by atoms with Crippen LogP contribution in [0.2, 0.25) is 0 Å². The van der Waals surface area contributed by atoms with Crippen molar-refractivity contribution in [1.29, 1.82) is 0 Å². The first kappa shape index (κ1) is 17.9. The minimum Gasteiger partial charge on any atom is -0.396 e. The average molecular weight is 353 g/mol. The van der Waals surface area contributed by atoms with Gasteiger partial charge in [-0.25, -0.2) is 13.6 Å². The largest absolute Gasteiger partial charge is 0.396 e. The Morgan fingerprint density at radius 3 is 2.52 bits per heavy atom. The first-order valence-corrected chi connectivity index (χ1v) is 8.90. The Labute approximate surface area is 146 Å². The molecule has 0 saturated carbocycles. The highest BCUT2D eigenvalue weighted by atomic mass is 19.2. The maximum Gasteiger partial charge on any atom is 0.317 e. The van der Waals surface area contributed by atoms with Crippen LogP contribution in [-0.2, 0) is 0 Å². The number of hydrogen-bond acceptors (Lipinski definition) is 3. The van der Waals surface area contributed by atoms with Gasteiger partial charge in [-0.1, -0.05) is 0 Å². The third-order valence-electron chi connectivity index (χ3n) is 5.26. The van der Waals surface area contributed by atoms with Crippen LogP contribution in [0, 0.1) is 23.5 Å². The lowest BCUT2D eigenvalue weighted by atomic mass is 9.98. The van der Waals surface area contributed by atoms with Gasteiger partial charge in [0.15, 0.2) is 11.6 Å². The molecular weight excluding hydrogens is 328 g/mol. The molecule has 2 N–H and O–H groups in total. The Hall–Kier alpha value is -1.89. The second kappa shape index (κ2) is 7.99. The Bertz CT molecular complexity index is 606. The van der Waals surface area contributed by atoms with E-state index >= 15 is 0 Å². The van der Waals surface area contributed by atoms with E-state index in [4.69, 9.17) is 5.11 Å². The summed E-state index contributed by atoms with van der Waals surface area (Å²) < 4.78 is 26.4. The first-order valence-electron chi connectivity index (χ1n) is 8.90. The summed E-state index contributed by atoms with van der Waals surface area (Å²) in [7, 11) is 0. The standard InChI is InChI=1S/C18H25F2N3O2/c19-16-2-1-15(9-17(16)20)23-8-5-14(11-23)10-21-18(25)22-6-3-13(12-24)4-7-22/h1-2,9,13-14,24H,3-8,10-12H2,(H,21,25). The molecule has 2 aliphatic heterocycles. The normalized spacial score (nSPS) is 21.6. The number of aliphatic hydroxyl groups excluding tert-OH is 1. The number of halogens is 2. The quantitative estimate of drug-likeness (QED) is 0.873. The van der Waals surface area contributed by atoms with Crippen molar-refractivity contribution in [3.63, 3.8) is 0 Å². The van der Waals surface area contributed by atoms with E-state index in [1.54, 1.807) is 11.0 Å². The van der Waals surface area contributed by atoms with Crippen molar-refractivity contribution in [3.05, 3.63) is 29.8 Å². The molecule has 0 aliphatic carbocycles. The van der Waals surface area contributed by atoms with Gasteiger partial charge in [0.05, 0.1) is 0 Å². The Balaban J connectivity index is 1.44. The molecule has 2 heterocycles. The van der Waals surface area contributed by atoms with Crippen LogP contribution in [0.15, 0.2) is 18.2 Å². The molecular formula is C18H25F2N3O2. The number of piperidine rings is 1. The van der Waals surface area contributed by atoms with E-state index in [-0.39, 0.29) is 12.6 Å². The lowest BCUT2D eigenvalue weighted by Crippen LogP contribution is -2.46. The predicted octanol–water partition coefficient (Wildman–Crippen LogP) is 2.21. The van der Waals surface area contributed by atoms with Crippen LogP contribution in [0.5, 0.6) is 0 Å². The minimum atomic E-state index is -0.836. The van der Waals surface area contributed by atoms with E-state index in [2.05, 4.69) is 5.32 Å². The zero-order chi connectivity index (χ0) is 17.8. The number of amides is 2. The molecule has 1 atom stereocenters. The summed E-state index contributed by atoms with van der Waals surface area (Å²) in [4.78, 5) is 16.1. The molecule has 0 aromatic heterocycles. The van der Waals surface area contributed by atoms with Crippen LogP contribution >= 0.6 is 0 Å². The maximum absolute atomic E-state index is 13.4. The topological polar surface area (TPSA) is 55.8 Å². The molecule has 1 unspecified atom stereocenters. The highest BCUT2D eigenvalue weighted by Crippen LogP contribution is 2.25. The lowest BCUT2D eigenvalue weighted by molar-refractivity contribution is 0.137. The van der Waals surface area contributed by atoms with E-state index < -0.39 is 11.6 Å². The van der Waals surface area contributed by atoms with Crippen molar-refractivity contribution < 1.29 is 18.7 Å². The molecule has 0 radical (unpaired) electrons. The summed E-state index contributed by atoms with van der Waals surface area (Å²) in [5.41, 5.74) is 0.679. The number of nitrogens with one attached hydrogen (secondary N) is 1. The monoisotopic (exact) mass is 353 g/mol. The van der Waals surface area contributed by atoms with Gasteiger partial charge in [-0.15, -0.1) is 0 Å². The smallest absolute Gasteiger partial charge is 0.317 e. The summed E-state index contributed by atoms with van der Waals surface area (Å²) in [6.07, 6.45) is 2.60. The molecule has 7 heteroatoms. The Kier molecular flexibility index (Phi) is 5.73. The molecule has 0 spiro atoms. The van der Waals surface area contributed by atoms with Crippen LogP contribution in [-0.4, -0.2) is 55.4 Å². The van der Waals surface area contributed by atoms with Crippen molar-refractivity contribution in [2.24, 2.45) is 11.8 Å². The number of aliphatic hydroxyl groups is 1. The van der Waals surface area contributed by atoms with E-state index in [0.29, 0.717) is 37.2 Å². The fourth-order valence-corrected chi connectivity index (χ4v) is 3.58. The molecule has 2 amide bonds. The van der Waals surface area contributed by atoms with Gasteiger partial charge in [0.25, 0.3) is 0 Å². The SMILES string of the molecule is O=C(NCC1CCN(c2ccc(F)c(F)c2)C1)N1CCC(CO)CC1. The lowest BCUT2D eigenvalue weighted by Gasteiger charge is -2.31. The van der Waals surface area contributed by atoms with Gasteiger partial charge >= 0.3 is 6.03 Å². The molecule has 1 aromatic carbocycles. The molecule has 0 bridgehead atoms. The van der Waals surface area contributed by atoms with Crippen LogP contribution < -0.4 is 10.2 Å². The van der Waals surface area contributed by atoms with Gasteiger partial charge in [0, 0.05) is 51.1 Å². The van der Waals surface area contributed by atoms with Crippen molar-refractivity contribution in [1.82, 2.24) is 10.2 Å². The number of nitrogens with zero attached hydrogens (tertiary/aromatic N) is 2. The molecule has 138 valence electrons. The van der Waals surface area contributed by atoms with E-state index in [0.717, 1.165) is 38.4 Å². The predicted molar refractivity (Wildman–Crippen MR) is 91.5 cm³/mol. The van der Waals surface area contributed by atoms with Crippen LogP contribution in [0.1, 0.15) is 19.3 Å². The average Bonchev–Trinajstić information content (AvgIpc) is 3.11. The van der Waals surface area contributed by atoms with Crippen LogP contribution in [0.25, 0.3) is 0 Å². The molecule has 2 aliphatic rings. The summed E-state index contributed by atoms with van der Waals surface area (Å²) in [6, 6.07) is 3.91. The third-order valence-corrected chi connectivity index (χ3v) is 5.26. The van der Waals surface area contributed by atoms with Crippen molar-refractivity contribution in [2.45, 2.75) is 19.3 Å². The Morgan fingerprint density at radius 1 is 1.12 bits per heavy atom. The summed E-state index contributed by atoms with van der Waals surface area (Å²) in [5, 5.41) is 12.1. The van der Waals surface area contributed by atoms with Crippen molar-refractivity contribution in [3.8, 4) is 0 Å². The number of carbonyl (C=O) groups is 1. The number of anilines is 1. The van der Waals surface area contributed by atoms with Gasteiger partial charge in [-0.05, 0) is 43.2 Å². The molecule has 5 nitrogen and oxygen atoms in total. The van der Waals surface area contributed by atoms with Gasteiger partial charge in [-0.3, -0.25) is 0 Å². The molecule has 25 heavy (non-hydrogen) atoms. The van der Waals surface area contributed by atoms with Crippen LogP contribution in [0.3, 0.4) is 0 Å². The first-order chi connectivity index (χ1) is 12.1. The number of urea groups is 1. The van der Waals surface area contributed by atoms with Crippen LogP contribution in [0.4, 0.5) is 19.3 Å². The summed E-state index contributed by atoms with van der Waals surface area (Å²) in [5.74, 6) is -1.06. The zero-order valence-electron chi connectivity index (χ0n) is 14.3. The molecule has 3 rings (SSSR count). The van der Waals surface area contributed by atoms with Crippen molar-refractivity contribution >= 4 is 11.7 Å². The molecule has 2 fully saturated rings. The second-order valence-corrected chi connectivity index (χ2v) is 7.00. The zero-order valence-corrected chi connectivity index (χ0v) is 14.3. The van der Waals surface area contributed by atoms with E-state index in [1.807, 2.05) is 4.90 Å². The number of rotatable bonds is 4. The Morgan fingerprint density at radius 2 is 1.84 bits per heavy atom. The van der Waals surface area contributed by atoms with Crippen molar-refractivity contribution in [2.75, 3.05) is 44.2 Å². The highest BCUT2D eigenvalue weighted by Gasteiger charge is 2.26. The van der Waals surface area contributed by atoms with Gasteiger partial charge < -0.3 is 20.2 Å². The molecule has 2 saturated heterocycles.